The molecular formula is C20H12FNO3. The summed E-state index contributed by atoms with van der Waals surface area (Å²) >= 11 is 0. The number of aromatic carboxylic acids is 1. The van der Waals surface area contributed by atoms with Crippen molar-refractivity contribution >= 4 is 17.6 Å². The Morgan fingerprint density at radius 1 is 1.08 bits per heavy atom. The van der Waals surface area contributed by atoms with Crippen LogP contribution < -0.4 is 0 Å². The lowest BCUT2D eigenvalue weighted by atomic mass is 10.1. The minimum atomic E-state index is -1.02. The molecular weight excluding hydrogens is 321 g/mol. The van der Waals surface area contributed by atoms with E-state index in [1.807, 2.05) is 6.07 Å². The highest BCUT2D eigenvalue weighted by molar-refractivity contribution is 5.90. The Balaban J connectivity index is 1.94. The van der Waals surface area contributed by atoms with Gasteiger partial charge in [0.25, 0.3) is 0 Å². The summed E-state index contributed by atoms with van der Waals surface area (Å²) < 4.78 is 19.0. The van der Waals surface area contributed by atoms with E-state index in [9.17, 15) is 14.4 Å². The maximum atomic E-state index is 13.3. The molecule has 1 aromatic heterocycles. The number of nitriles is 1. The van der Waals surface area contributed by atoms with Crippen LogP contribution in [0, 0.1) is 17.1 Å². The van der Waals surface area contributed by atoms with Gasteiger partial charge in [-0.2, -0.15) is 5.26 Å². The van der Waals surface area contributed by atoms with Crippen LogP contribution in [-0.2, 0) is 0 Å². The van der Waals surface area contributed by atoms with Gasteiger partial charge >= 0.3 is 5.97 Å². The first kappa shape index (κ1) is 16.2. The van der Waals surface area contributed by atoms with Gasteiger partial charge in [-0.15, -0.1) is 0 Å². The molecule has 0 atom stereocenters. The number of allylic oxidation sites excluding steroid dienone is 1. The molecule has 5 heteroatoms. The number of carboxylic acid groups (broad SMARTS) is 1. The molecule has 0 amide bonds. The van der Waals surface area contributed by atoms with Crippen molar-refractivity contribution in [2.75, 3.05) is 0 Å². The highest BCUT2D eigenvalue weighted by atomic mass is 19.1. The normalized spacial score (nSPS) is 11.1. The standard InChI is InChI=1S/C20H12FNO3/c21-17-6-2-3-13(10-17)16(12-22)11-18-7-8-19(25-18)14-4-1-5-15(9-14)20(23)24/h1-11H,(H,23,24)/b16-11+. The fourth-order valence-electron chi connectivity index (χ4n) is 2.37. The molecule has 25 heavy (non-hydrogen) atoms. The van der Waals surface area contributed by atoms with Crippen molar-refractivity contribution in [2.45, 2.75) is 0 Å². The van der Waals surface area contributed by atoms with Gasteiger partial charge < -0.3 is 9.52 Å². The summed E-state index contributed by atoms with van der Waals surface area (Å²) in [5, 5.41) is 18.4. The van der Waals surface area contributed by atoms with Gasteiger partial charge in [0.15, 0.2) is 0 Å². The lowest BCUT2D eigenvalue weighted by molar-refractivity contribution is 0.0697. The van der Waals surface area contributed by atoms with Crippen LogP contribution in [0.1, 0.15) is 21.7 Å². The average molecular weight is 333 g/mol. The molecule has 0 aliphatic heterocycles. The van der Waals surface area contributed by atoms with E-state index in [1.54, 1.807) is 30.3 Å². The molecule has 0 aliphatic rings. The summed E-state index contributed by atoms with van der Waals surface area (Å²) in [5.74, 6) is -0.557. The van der Waals surface area contributed by atoms with Crippen LogP contribution in [-0.4, -0.2) is 11.1 Å². The zero-order valence-corrected chi connectivity index (χ0v) is 12.9. The Morgan fingerprint density at radius 3 is 2.56 bits per heavy atom. The summed E-state index contributed by atoms with van der Waals surface area (Å²) in [5.41, 5.74) is 1.49. The highest BCUT2D eigenvalue weighted by Gasteiger charge is 2.09. The van der Waals surface area contributed by atoms with Crippen LogP contribution in [0.3, 0.4) is 0 Å². The third-order valence-electron chi connectivity index (χ3n) is 3.56. The minimum absolute atomic E-state index is 0.156. The maximum absolute atomic E-state index is 13.3. The van der Waals surface area contributed by atoms with E-state index < -0.39 is 11.8 Å². The predicted octanol–water partition coefficient (Wildman–Crippen LogP) is 4.85. The number of carboxylic acids is 1. The maximum Gasteiger partial charge on any atom is 0.335 e. The topological polar surface area (TPSA) is 74.2 Å². The molecule has 3 rings (SSSR count). The smallest absolute Gasteiger partial charge is 0.335 e. The van der Waals surface area contributed by atoms with Crippen LogP contribution in [0.25, 0.3) is 23.0 Å². The van der Waals surface area contributed by atoms with Crippen LogP contribution in [0.15, 0.2) is 65.1 Å². The lowest BCUT2D eigenvalue weighted by Crippen LogP contribution is -1.95. The Bertz CT molecular complexity index is 1010. The van der Waals surface area contributed by atoms with Crippen molar-refractivity contribution in [3.8, 4) is 17.4 Å². The highest BCUT2D eigenvalue weighted by Crippen LogP contribution is 2.26. The van der Waals surface area contributed by atoms with Crippen molar-refractivity contribution in [3.05, 3.63) is 83.4 Å². The third kappa shape index (κ3) is 3.65. The zero-order chi connectivity index (χ0) is 17.8. The van der Waals surface area contributed by atoms with Gasteiger partial charge in [-0.1, -0.05) is 24.3 Å². The molecule has 1 N–H and O–H groups in total. The summed E-state index contributed by atoms with van der Waals surface area (Å²) in [4.78, 5) is 11.1. The van der Waals surface area contributed by atoms with E-state index in [4.69, 9.17) is 9.52 Å². The zero-order valence-electron chi connectivity index (χ0n) is 12.9. The second-order valence-corrected chi connectivity index (χ2v) is 5.27. The van der Waals surface area contributed by atoms with Gasteiger partial charge in [-0.3, -0.25) is 0 Å². The van der Waals surface area contributed by atoms with E-state index in [2.05, 4.69) is 0 Å². The SMILES string of the molecule is N#C/C(=C\c1ccc(-c2cccc(C(=O)O)c2)o1)c1cccc(F)c1. The molecule has 0 bridgehead atoms. The molecule has 0 saturated carbocycles. The lowest BCUT2D eigenvalue weighted by Gasteiger charge is -2.00. The van der Waals surface area contributed by atoms with Crippen LogP contribution >= 0.6 is 0 Å². The second kappa shape index (κ2) is 6.85. The molecule has 4 nitrogen and oxygen atoms in total. The Hall–Kier alpha value is -3.65. The number of benzene rings is 2. The first-order chi connectivity index (χ1) is 12.1. The number of halogens is 1. The molecule has 1 heterocycles. The number of rotatable bonds is 4. The largest absolute Gasteiger partial charge is 0.478 e. The van der Waals surface area contributed by atoms with E-state index in [1.165, 1.54) is 36.4 Å². The first-order valence-electron chi connectivity index (χ1n) is 7.38. The van der Waals surface area contributed by atoms with Gasteiger partial charge in [0, 0.05) is 5.56 Å². The van der Waals surface area contributed by atoms with E-state index >= 15 is 0 Å². The molecule has 0 saturated heterocycles. The van der Waals surface area contributed by atoms with Gasteiger partial charge in [0.05, 0.1) is 17.2 Å². The summed E-state index contributed by atoms with van der Waals surface area (Å²) in [6, 6.07) is 17.5. The van der Waals surface area contributed by atoms with Crippen molar-refractivity contribution in [1.29, 1.82) is 5.26 Å². The molecule has 3 aromatic rings. The number of nitrogens with zero attached hydrogens (tertiary/aromatic N) is 1. The molecule has 0 radical (unpaired) electrons. The van der Waals surface area contributed by atoms with Crippen molar-refractivity contribution in [3.63, 3.8) is 0 Å². The fourth-order valence-corrected chi connectivity index (χ4v) is 2.37. The van der Waals surface area contributed by atoms with Gasteiger partial charge in [-0.25, -0.2) is 9.18 Å². The fraction of sp³-hybridized carbons (Fsp3) is 0. The van der Waals surface area contributed by atoms with E-state index in [0.717, 1.165) is 0 Å². The van der Waals surface area contributed by atoms with Crippen LogP contribution in [0.4, 0.5) is 4.39 Å². The summed E-state index contributed by atoms with van der Waals surface area (Å²) in [6.07, 6.45) is 1.51. The number of furan rings is 1. The number of hydrogen-bond acceptors (Lipinski definition) is 3. The van der Waals surface area contributed by atoms with Crippen LogP contribution in [0.2, 0.25) is 0 Å². The third-order valence-corrected chi connectivity index (χ3v) is 3.56. The minimum Gasteiger partial charge on any atom is -0.478 e. The van der Waals surface area contributed by atoms with Crippen molar-refractivity contribution in [1.82, 2.24) is 0 Å². The second-order valence-electron chi connectivity index (χ2n) is 5.27. The predicted molar refractivity (Wildman–Crippen MR) is 91.0 cm³/mol. The molecule has 0 spiro atoms. The monoisotopic (exact) mass is 333 g/mol. The van der Waals surface area contributed by atoms with Crippen LogP contribution in [0.5, 0.6) is 0 Å². The molecule has 2 aromatic carbocycles. The molecule has 0 fully saturated rings. The van der Waals surface area contributed by atoms with Crippen molar-refractivity contribution < 1.29 is 18.7 Å². The van der Waals surface area contributed by atoms with Gasteiger partial charge in [0.2, 0.25) is 0 Å². The average Bonchev–Trinajstić information content (AvgIpc) is 3.08. The summed E-state index contributed by atoms with van der Waals surface area (Å²) in [6.45, 7) is 0. The van der Waals surface area contributed by atoms with E-state index in [-0.39, 0.29) is 11.1 Å². The van der Waals surface area contributed by atoms with Gasteiger partial charge in [0.1, 0.15) is 17.3 Å². The van der Waals surface area contributed by atoms with Gasteiger partial charge in [-0.05, 0) is 48.0 Å². The van der Waals surface area contributed by atoms with E-state index in [0.29, 0.717) is 22.6 Å². The molecule has 0 unspecified atom stereocenters. The molecule has 0 aliphatic carbocycles. The Labute approximate surface area is 143 Å². The van der Waals surface area contributed by atoms with Crippen molar-refractivity contribution in [2.24, 2.45) is 0 Å². The Kier molecular flexibility index (Phi) is 4.44. The first-order valence-corrected chi connectivity index (χ1v) is 7.38. The quantitative estimate of drug-likeness (QED) is 0.693. The number of hydrogen-bond donors (Lipinski definition) is 1. The Morgan fingerprint density at radius 2 is 1.84 bits per heavy atom. The number of carbonyl (C=O) groups is 1. The molecule has 122 valence electrons. The summed E-state index contributed by atoms with van der Waals surface area (Å²) in [7, 11) is 0.